The number of rotatable bonds is 6. The standard InChI is InChI=1S/C12H20O/c1-5-7-8-11(6-2)12(13)9-10(3)4/h5-7,10-11H,2,8-9H2,1,3-4H3. The topological polar surface area (TPSA) is 17.1 Å². The summed E-state index contributed by atoms with van der Waals surface area (Å²) in [4.78, 5) is 11.6. The lowest BCUT2D eigenvalue weighted by Gasteiger charge is -2.10. The SMILES string of the molecule is C=CC(CC=CC)C(=O)CC(C)C. The molecule has 0 bridgehead atoms. The second-order valence-corrected chi connectivity index (χ2v) is 3.71. The minimum Gasteiger partial charge on any atom is -0.299 e. The maximum atomic E-state index is 11.6. The molecule has 1 nitrogen and oxygen atoms in total. The van der Waals surface area contributed by atoms with E-state index in [9.17, 15) is 4.79 Å². The molecule has 1 atom stereocenters. The first-order chi connectivity index (χ1) is 6.11. The Morgan fingerprint density at radius 1 is 1.46 bits per heavy atom. The summed E-state index contributed by atoms with van der Waals surface area (Å²) in [5.74, 6) is 0.766. The van der Waals surface area contributed by atoms with Crippen LogP contribution in [-0.4, -0.2) is 5.78 Å². The Balaban J connectivity index is 4.07. The van der Waals surface area contributed by atoms with Gasteiger partial charge in [-0.3, -0.25) is 4.79 Å². The van der Waals surface area contributed by atoms with Gasteiger partial charge in [0.1, 0.15) is 5.78 Å². The van der Waals surface area contributed by atoms with Crippen molar-refractivity contribution < 1.29 is 4.79 Å². The lowest BCUT2D eigenvalue weighted by molar-refractivity contribution is -0.122. The predicted octanol–water partition coefficient (Wildman–Crippen LogP) is 3.37. The third-order valence-electron chi connectivity index (χ3n) is 1.93. The van der Waals surface area contributed by atoms with Gasteiger partial charge >= 0.3 is 0 Å². The average molecular weight is 180 g/mol. The van der Waals surface area contributed by atoms with Crippen LogP contribution in [0, 0.1) is 11.8 Å². The Morgan fingerprint density at radius 2 is 2.08 bits per heavy atom. The van der Waals surface area contributed by atoms with E-state index in [1.807, 2.05) is 19.1 Å². The molecule has 1 unspecified atom stereocenters. The van der Waals surface area contributed by atoms with Crippen molar-refractivity contribution in [3.63, 3.8) is 0 Å². The first-order valence-corrected chi connectivity index (χ1v) is 4.88. The van der Waals surface area contributed by atoms with Gasteiger partial charge in [0.2, 0.25) is 0 Å². The first kappa shape index (κ1) is 12.2. The van der Waals surface area contributed by atoms with E-state index in [0.29, 0.717) is 18.1 Å². The summed E-state index contributed by atoms with van der Waals surface area (Å²) in [5.41, 5.74) is 0. The molecule has 0 rings (SSSR count). The summed E-state index contributed by atoms with van der Waals surface area (Å²) in [6.07, 6.45) is 7.20. The van der Waals surface area contributed by atoms with Gasteiger partial charge in [0, 0.05) is 12.3 Å². The molecular formula is C12H20O. The summed E-state index contributed by atoms with van der Waals surface area (Å²) >= 11 is 0. The average Bonchev–Trinajstić information content (AvgIpc) is 2.04. The van der Waals surface area contributed by atoms with Gasteiger partial charge < -0.3 is 0 Å². The third kappa shape index (κ3) is 5.40. The highest BCUT2D eigenvalue weighted by Crippen LogP contribution is 2.13. The highest BCUT2D eigenvalue weighted by Gasteiger charge is 2.13. The van der Waals surface area contributed by atoms with Crippen molar-refractivity contribution in [1.29, 1.82) is 0 Å². The zero-order chi connectivity index (χ0) is 10.3. The molecule has 0 saturated carbocycles. The molecule has 0 spiro atoms. The zero-order valence-corrected chi connectivity index (χ0v) is 8.92. The van der Waals surface area contributed by atoms with Crippen molar-refractivity contribution in [3.8, 4) is 0 Å². The van der Waals surface area contributed by atoms with Gasteiger partial charge in [-0.1, -0.05) is 32.1 Å². The highest BCUT2D eigenvalue weighted by atomic mass is 16.1. The summed E-state index contributed by atoms with van der Waals surface area (Å²) in [5, 5.41) is 0. The number of hydrogen-bond acceptors (Lipinski definition) is 1. The molecule has 74 valence electrons. The van der Waals surface area contributed by atoms with Crippen LogP contribution >= 0.6 is 0 Å². The van der Waals surface area contributed by atoms with Gasteiger partial charge in [0.25, 0.3) is 0 Å². The lowest BCUT2D eigenvalue weighted by atomic mass is 9.93. The molecule has 0 aliphatic rings. The van der Waals surface area contributed by atoms with Crippen LogP contribution in [0.15, 0.2) is 24.8 Å². The molecule has 0 aromatic carbocycles. The molecule has 0 aliphatic carbocycles. The largest absolute Gasteiger partial charge is 0.299 e. The van der Waals surface area contributed by atoms with E-state index in [1.165, 1.54) is 0 Å². The van der Waals surface area contributed by atoms with Crippen LogP contribution in [0.3, 0.4) is 0 Å². The van der Waals surface area contributed by atoms with E-state index >= 15 is 0 Å². The number of carbonyl (C=O) groups is 1. The van der Waals surface area contributed by atoms with E-state index in [1.54, 1.807) is 6.08 Å². The second kappa shape index (κ2) is 6.64. The molecule has 0 aromatic heterocycles. The van der Waals surface area contributed by atoms with Crippen LogP contribution < -0.4 is 0 Å². The van der Waals surface area contributed by atoms with E-state index < -0.39 is 0 Å². The number of Topliss-reactive ketones (excluding diaryl/α,β-unsaturated/α-hetero) is 1. The van der Waals surface area contributed by atoms with Gasteiger partial charge in [-0.15, -0.1) is 6.58 Å². The molecule has 13 heavy (non-hydrogen) atoms. The lowest BCUT2D eigenvalue weighted by Crippen LogP contribution is -2.13. The van der Waals surface area contributed by atoms with E-state index in [-0.39, 0.29) is 5.92 Å². The fraction of sp³-hybridized carbons (Fsp3) is 0.583. The molecule has 0 amide bonds. The molecule has 0 radical (unpaired) electrons. The summed E-state index contributed by atoms with van der Waals surface area (Å²) in [6.45, 7) is 9.78. The number of carbonyl (C=O) groups excluding carboxylic acids is 1. The van der Waals surface area contributed by atoms with E-state index in [2.05, 4.69) is 20.4 Å². The molecular weight excluding hydrogens is 160 g/mol. The number of hydrogen-bond donors (Lipinski definition) is 0. The Kier molecular flexibility index (Phi) is 6.21. The Bertz CT molecular complexity index is 189. The van der Waals surface area contributed by atoms with Crippen molar-refractivity contribution in [2.75, 3.05) is 0 Å². The van der Waals surface area contributed by atoms with Gasteiger partial charge in [0.05, 0.1) is 0 Å². The van der Waals surface area contributed by atoms with Crippen molar-refractivity contribution in [1.82, 2.24) is 0 Å². The molecule has 0 N–H and O–H groups in total. The Hall–Kier alpha value is -0.850. The minimum atomic E-state index is 0.0126. The molecule has 0 aliphatic heterocycles. The Labute approximate surface area is 81.5 Å². The van der Waals surface area contributed by atoms with Crippen molar-refractivity contribution in [2.45, 2.75) is 33.6 Å². The quantitative estimate of drug-likeness (QED) is 0.573. The van der Waals surface area contributed by atoms with Crippen molar-refractivity contribution in [2.24, 2.45) is 11.8 Å². The smallest absolute Gasteiger partial charge is 0.140 e. The van der Waals surface area contributed by atoms with Crippen LogP contribution in [0.5, 0.6) is 0 Å². The predicted molar refractivity (Wildman–Crippen MR) is 57.6 cm³/mol. The summed E-state index contributed by atoms with van der Waals surface area (Å²) in [7, 11) is 0. The number of ketones is 1. The van der Waals surface area contributed by atoms with Crippen LogP contribution in [0.25, 0.3) is 0 Å². The summed E-state index contributed by atoms with van der Waals surface area (Å²) in [6, 6.07) is 0. The second-order valence-electron chi connectivity index (χ2n) is 3.71. The maximum absolute atomic E-state index is 11.6. The van der Waals surface area contributed by atoms with Gasteiger partial charge in [0.15, 0.2) is 0 Å². The van der Waals surface area contributed by atoms with Crippen molar-refractivity contribution in [3.05, 3.63) is 24.8 Å². The molecule has 0 fully saturated rings. The molecule has 1 heteroatoms. The van der Waals surface area contributed by atoms with Crippen LogP contribution in [0.2, 0.25) is 0 Å². The van der Waals surface area contributed by atoms with Crippen molar-refractivity contribution >= 4 is 5.78 Å². The van der Waals surface area contributed by atoms with Crippen LogP contribution in [0.1, 0.15) is 33.6 Å². The van der Waals surface area contributed by atoms with E-state index in [4.69, 9.17) is 0 Å². The fourth-order valence-corrected chi connectivity index (χ4v) is 1.20. The minimum absolute atomic E-state index is 0.0126. The highest BCUT2D eigenvalue weighted by molar-refractivity contribution is 5.82. The third-order valence-corrected chi connectivity index (χ3v) is 1.93. The van der Waals surface area contributed by atoms with Gasteiger partial charge in [-0.25, -0.2) is 0 Å². The van der Waals surface area contributed by atoms with Gasteiger partial charge in [-0.05, 0) is 19.3 Å². The molecule has 0 saturated heterocycles. The monoisotopic (exact) mass is 180 g/mol. The molecule has 0 heterocycles. The van der Waals surface area contributed by atoms with Crippen LogP contribution in [-0.2, 0) is 4.79 Å². The molecule has 0 aromatic rings. The summed E-state index contributed by atoms with van der Waals surface area (Å²) < 4.78 is 0. The fourth-order valence-electron chi connectivity index (χ4n) is 1.20. The maximum Gasteiger partial charge on any atom is 0.140 e. The normalized spacial score (nSPS) is 13.5. The number of allylic oxidation sites excluding steroid dienone is 3. The first-order valence-electron chi connectivity index (χ1n) is 4.88. The van der Waals surface area contributed by atoms with Gasteiger partial charge in [-0.2, -0.15) is 0 Å². The zero-order valence-electron chi connectivity index (χ0n) is 8.92. The van der Waals surface area contributed by atoms with Crippen LogP contribution in [0.4, 0.5) is 0 Å². The van der Waals surface area contributed by atoms with E-state index in [0.717, 1.165) is 6.42 Å². The Morgan fingerprint density at radius 3 is 2.46 bits per heavy atom.